The number of rotatable bonds is 5. The van der Waals surface area contributed by atoms with Gasteiger partial charge in [0.1, 0.15) is 0 Å². The molecule has 0 radical (unpaired) electrons. The molecule has 1 saturated heterocycles. The molecule has 20 heavy (non-hydrogen) atoms. The second kappa shape index (κ2) is 6.27. The first kappa shape index (κ1) is 13.4. The Balaban J connectivity index is 1.56. The van der Waals surface area contributed by atoms with Gasteiger partial charge in [-0.05, 0) is 54.8 Å². The highest BCUT2D eigenvalue weighted by molar-refractivity contribution is 5.85. The van der Waals surface area contributed by atoms with Gasteiger partial charge in [-0.15, -0.1) is 0 Å². The first-order valence-electron chi connectivity index (χ1n) is 7.76. The molecule has 1 fully saturated rings. The van der Waals surface area contributed by atoms with Crippen molar-refractivity contribution in [3.8, 4) is 0 Å². The molecule has 1 heterocycles. The molecule has 1 atom stereocenters. The molecule has 0 aliphatic carbocycles. The SMILES string of the molecule is CC(CNc1ccc2ccccc2c1)CN1CCCC1. The van der Waals surface area contributed by atoms with Crippen LogP contribution in [-0.2, 0) is 0 Å². The molecule has 2 heteroatoms. The van der Waals surface area contributed by atoms with E-state index >= 15 is 0 Å². The zero-order chi connectivity index (χ0) is 13.8. The van der Waals surface area contributed by atoms with Gasteiger partial charge in [-0.25, -0.2) is 0 Å². The van der Waals surface area contributed by atoms with Crippen LogP contribution in [0, 0.1) is 5.92 Å². The van der Waals surface area contributed by atoms with Crippen molar-refractivity contribution < 1.29 is 0 Å². The molecule has 1 aliphatic heterocycles. The van der Waals surface area contributed by atoms with Gasteiger partial charge in [0.15, 0.2) is 0 Å². The highest BCUT2D eigenvalue weighted by atomic mass is 15.1. The number of anilines is 1. The van der Waals surface area contributed by atoms with Gasteiger partial charge in [-0.1, -0.05) is 37.3 Å². The zero-order valence-corrected chi connectivity index (χ0v) is 12.3. The minimum Gasteiger partial charge on any atom is -0.385 e. The molecular formula is C18H24N2. The van der Waals surface area contributed by atoms with Crippen molar-refractivity contribution in [2.45, 2.75) is 19.8 Å². The van der Waals surface area contributed by atoms with Crippen molar-refractivity contribution in [3.63, 3.8) is 0 Å². The van der Waals surface area contributed by atoms with E-state index in [9.17, 15) is 0 Å². The monoisotopic (exact) mass is 268 g/mol. The number of fused-ring (bicyclic) bond motifs is 1. The lowest BCUT2D eigenvalue weighted by atomic mass is 10.1. The molecule has 1 N–H and O–H groups in total. The summed E-state index contributed by atoms with van der Waals surface area (Å²) in [7, 11) is 0. The summed E-state index contributed by atoms with van der Waals surface area (Å²) in [4.78, 5) is 2.59. The van der Waals surface area contributed by atoms with Gasteiger partial charge in [-0.3, -0.25) is 0 Å². The fourth-order valence-electron chi connectivity index (χ4n) is 3.06. The topological polar surface area (TPSA) is 15.3 Å². The maximum absolute atomic E-state index is 3.58. The van der Waals surface area contributed by atoms with Crippen LogP contribution in [0.3, 0.4) is 0 Å². The number of nitrogens with zero attached hydrogens (tertiary/aromatic N) is 1. The average molecular weight is 268 g/mol. The third kappa shape index (κ3) is 3.31. The highest BCUT2D eigenvalue weighted by Crippen LogP contribution is 2.19. The highest BCUT2D eigenvalue weighted by Gasteiger charge is 2.14. The summed E-state index contributed by atoms with van der Waals surface area (Å²) in [5, 5.41) is 6.20. The summed E-state index contributed by atoms with van der Waals surface area (Å²) >= 11 is 0. The molecule has 0 amide bonds. The van der Waals surface area contributed by atoms with E-state index in [4.69, 9.17) is 0 Å². The number of benzene rings is 2. The van der Waals surface area contributed by atoms with E-state index in [0.29, 0.717) is 5.92 Å². The van der Waals surface area contributed by atoms with Crippen LogP contribution in [0.4, 0.5) is 5.69 Å². The van der Waals surface area contributed by atoms with Crippen LogP contribution in [0.15, 0.2) is 42.5 Å². The Morgan fingerprint density at radius 3 is 2.60 bits per heavy atom. The molecule has 1 unspecified atom stereocenters. The Morgan fingerprint density at radius 1 is 1.05 bits per heavy atom. The van der Waals surface area contributed by atoms with Crippen LogP contribution in [0.25, 0.3) is 10.8 Å². The van der Waals surface area contributed by atoms with Crippen LogP contribution in [0.2, 0.25) is 0 Å². The number of likely N-dealkylation sites (tertiary alicyclic amines) is 1. The zero-order valence-electron chi connectivity index (χ0n) is 12.3. The Labute approximate surface area is 121 Å². The molecule has 2 nitrogen and oxygen atoms in total. The van der Waals surface area contributed by atoms with E-state index in [2.05, 4.69) is 59.6 Å². The molecule has 3 rings (SSSR count). The lowest BCUT2D eigenvalue weighted by Gasteiger charge is -2.21. The van der Waals surface area contributed by atoms with Crippen LogP contribution in [0.1, 0.15) is 19.8 Å². The minimum absolute atomic E-state index is 0.694. The van der Waals surface area contributed by atoms with Crippen LogP contribution in [0.5, 0.6) is 0 Å². The van der Waals surface area contributed by atoms with Crippen molar-refractivity contribution >= 4 is 16.5 Å². The van der Waals surface area contributed by atoms with Crippen LogP contribution in [-0.4, -0.2) is 31.1 Å². The maximum atomic E-state index is 3.58. The molecule has 1 aliphatic rings. The van der Waals surface area contributed by atoms with Gasteiger partial charge in [0.2, 0.25) is 0 Å². The molecule has 0 aromatic heterocycles. The molecule has 2 aromatic carbocycles. The minimum atomic E-state index is 0.694. The van der Waals surface area contributed by atoms with E-state index in [1.54, 1.807) is 0 Å². The average Bonchev–Trinajstić information content (AvgIpc) is 2.98. The van der Waals surface area contributed by atoms with E-state index in [1.807, 2.05) is 0 Å². The molecule has 2 aromatic rings. The maximum Gasteiger partial charge on any atom is 0.0346 e. The normalized spacial score (nSPS) is 17.4. The Bertz CT molecular complexity index is 558. The van der Waals surface area contributed by atoms with Crippen LogP contribution >= 0.6 is 0 Å². The number of nitrogens with one attached hydrogen (secondary N) is 1. The Kier molecular flexibility index (Phi) is 4.22. The first-order chi connectivity index (χ1) is 9.81. The van der Waals surface area contributed by atoms with E-state index in [0.717, 1.165) is 6.54 Å². The number of hydrogen-bond acceptors (Lipinski definition) is 2. The van der Waals surface area contributed by atoms with Crippen molar-refractivity contribution in [2.24, 2.45) is 5.92 Å². The molecule has 0 spiro atoms. The third-order valence-electron chi connectivity index (χ3n) is 4.17. The third-order valence-corrected chi connectivity index (χ3v) is 4.17. The van der Waals surface area contributed by atoms with E-state index in [-0.39, 0.29) is 0 Å². The quantitative estimate of drug-likeness (QED) is 0.882. The summed E-state index contributed by atoms with van der Waals surface area (Å²) in [6, 6.07) is 15.2. The van der Waals surface area contributed by atoms with Crippen molar-refractivity contribution in [2.75, 3.05) is 31.5 Å². The summed E-state index contributed by atoms with van der Waals surface area (Å²) in [6.45, 7) is 7.20. The summed E-state index contributed by atoms with van der Waals surface area (Å²) in [6.07, 6.45) is 2.76. The Hall–Kier alpha value is -1.54. The van der Waals surface area contributed by atoms with E-state index in [1.165, 1.54) is 48.9 Å². The smallest absolute Gasteiger partial charge is 0.0346 e. The summed E-state index contributed by atoms with van der Waals surface area (Å²) < 4.78 is 0. The van der Waals surface area contributed by atoms with Gasteiger partial charge in [0, 0.05) is 18.8 Å². The molecule has 106 valence electrons. The lowest BCUT2D eigenvalue weighted by Crippen LogP contribution is -2.28. The lowest BCUT2D eigenvalue weighted by molar-refractivity contribution is 0.294. The molecular weight excluding hydrogens is 244 g/mol. The van der Waals surface area contributed by atoms with Gasteiger partial charge < -0.3 is 10.2 Å². The standard InChI is InChI=1S/C18H24N2/c1-15(14-20-10-4-5-11-20)13-19-18-9-8-16-6-2-3-7-17(16)12-18/h2-3,6-9,12,15,19H,4-5,10-11,13-14H2,1H3. The second-order valence-electron chi connectivity index (χ2n) is 6.06. The summed E-state index contributed by atoms with van der Waals surface area (Å²) in [5.74, 6) is 0.694. The molecule has 0 bridgehead atoms. The van der Waals surface area contributed by atoms with Crippen molar-refractivity contribution in [1.29, 1.82) is 0 Å². The van der Waals surface area contributed by atoms with Crippen molar-refractivity contribution in [1.82, 2.24) is 4.90 Å². The fraction of sp³-hybridized carbons (Fsp3) is 0.444. The predicted molar refractivity (Wildman–Crippen MR) is 87.3 cm³/mol. The van der Waals surface area contributed by atoms with Gasteiger partial charge in [-0.2, -0.15) is 0 Å². The van der Waals surface area contributed by atoms with Gasteiger partial charge >= 0.3 is 0 Å². The van der Waals surface area contributed by atoms with Crippen LogP contribution < -0.4 is 5.32 Å². The first-order valence-corrected chi connectivity index (χ1v) is 7.76. The molecule has 0 saturated carbocycles. The van der Waals surface area contributed by atoms with E-state index < -0.39 is 0 Å². The Morgan fingerprint density at radius 2 is 1.80 bits per heavy atom. The van der Waals surface area contributed by atoms with Crippen molar-refractivity contribution in [3.05, 3.63) is 42.5 Å². The number of hydrogen-bond donors (Lipinski definition) is 1. The second-order valence-corrected chi connectivity index (χ2v) is 6.06. The largest absolute Gasteiger partial charge is 0.385 e. The predicted octanol–water partition coefficient (Wildman–Crippen LogP) is 3.98. The van der Waals surface area contributed by atoms with Gasteiger partial charge in [0.25, 0.3) is 0 Å². The fourth-order valence-corrected chi connectivity index (χ4v) is 3.06. The summed E-state index contributed by atoms with van der Waals surface area (Å²) in [5.41, 5.74) is 1.23. The van der Waals surface area contributed by atoms with Gasteiger partial charge in [0.05, 0.1) is 0 Å².